The molecule has 1 aliphatic heterocycles. The molecule has 0 aromatic heterocycles. The van der Waals surface area contributed by atoms with E-state index in [4.69, 9.17) is 4.74 Å². The maximum absolute atomic E-state index is 5.78. The number of ether oxygens (including phenoxy) is 1. The van der Waals surface area contributed by atoms with Crippen LogP contribution in [0.4, 0.5) is 0 Å². The molecule has 2 nitrogen and oxygen atoms in total. The van der Waals surface area contributed by atoms with E-state index in [1.165, 1.54) is 11.1 Å². The summed E-state index contributed by atoms with van der Waals surface area (Å²) in [5, 5.41) is 0. The van der Waals surface area contributed by atoms with Gasteiger partial charge in [-0.1, -0.05) is 31.6 Å². The number of unbranched alkanes of at least 4 members (excludes halogenated alkanes) is 1. The fraction of sp³-hybridized carbons (Fsp3) is 0.389. The van der Waals surface area contributed by atoms with Crippen molar-refractivity contribution in [3.05, 3.63) is 53.6 Å². The van der Waals surface area contributed by atoms with Crippen LogP contribution in [0.15, 0.2) is 47.5 Å². The minimum Gasteiger partial charge on any atom is -0.494 e. The van der Waals surface area contributed by atoms with Crippen molar-refractivity contribution < 1.29 is 4.74 Å². The van der Waals surface area contributed by atoms with Gasteiger partial charge in [0.1, 0.15) is 5.75 Å². The van der Waals surface area contributed by atoms with Crippen LogP contribution < -0.4 is 4.74 Å². The van der Waals surface area contributed by atoms with Crippen LogP contribution >= 0.6 is 0 Å². The lowest BCUT2D eigenvalue weighted by molar-refractivity contribution is 0.309. The molecule has 2 rings (SSSR count). The van der Waals surface area contributed by atoms with Crippen molar-refractivity contribution in [3.8, 4) is 5.75 Å². The highest BCUT2D eigenvalue weighted by Crippen LogP contribution is 2.23. The molecule has 0 atom stereocenters. The monoisotopic (exact) mass is 269 g/mol. The van der Waals surface area contributed by atoms with Crippen LogP contribution in [0.25, 0.3) is 0 Å². The fourth-order valence-corrected chi connectivity index (χ4v) is 2.23. The van der Waals surface area contributed by atoms with Crippen LogP contribution in [0.3, 0.4) is 0 Å². The smallest absolute Gasteiger partial charge is 0.119 e. The van der Waals surface area contributed by atoms with E-state index in [0.29, 0.717) is 0 Å². The lowest BCUT2D eigenvalue weighted by Crippen LogP contribution is -2.11. The van der Waals surface area contributed by atoms with Gasteiger partial charge >= 0.3 is 0 Å². The van der Waals surface area contributed by atoms with Gasteiger partial charge in [-0.3, -0.25) is 4.99 Å². The molecule has 0 radical (unpaired) electrons. The fourth-order valence-electron chi connectivity index (χ4n) is 2.23. The Morgan fingerprint density at radius 3 is 3.00 bits per heavy atom. The molecule has 1 aromatic carbocycles. The number of hydrogen-bond acceptors (Lipinski definition) is 2. The van der Waals surface area contributed by atoms with Crippen LogP contribution in [0, 0.1) is 0 Å². The van der Waals surface area contributed by atoms with Crippen LogP contribution in [0.2, 0.25) is 0 Å². The summed E-state index contributed by atoms with van der Waals surface area (Å²) in [4.78, 5) is 4.60. The predicted molar refractivity (Wildman–Crippen MR) is 85.9 cm³/mol. The third-order valence-corrected chi connectivity index (χ3v) is 3.34. The van der Waals surface area contributed by atoms with Crippen LogP contribution in [0.5, 0.6) is 5.75 Å². The van der Waals surface area contributed by atoms with E-state index >= 15 is 0 Å². The zero-order valence-corrected chi connectivity index (χ0v) is 12.4. The number of aliphatic imine (C=N–C) groups is 1. The summed E-state index contributed by atoms with van der Waals surface area (Å²) in [6, 6.07) is 6.36. The minimum atomic E-state index is 0.803. The highest BCUT2D eigenvalue weighted by atomic mass is 16.5. The molecule has 0 saturated carbocycles. The number of hydrogen-bond donors (Lipinski definition) is 0. The maximum atomic E-state index is 5.78. The quantitative estimate of drug-likeness (QED) is 0.556. The van der Waals surface area contributed by atoms with E-state index in [2.05, 4.69) is 36.2 Å². The van der Waals surface area contributed by atoms with Crippen molar-refractivity contribution >= 4 is 5.71 Å². The van der Waals surface area contributed by atoms with Gasteiger partial charge in [-0.15, -0.1) is 0 Å². The van der Waals surface area contributed by atoms with E-state index in [-0.39, 0.29) is 0 Å². The summed E-state index contributed by atoms with van der Waals surface area (Å²) in [6.07, 6.45) is 11.4. The second-order valence-electron chi connectivity index (χ2n) is 4.92. The van der Waals surface area contributed by atoms with Crippen molar-refractivity contribution in [1.29, 1.82) is 0 Å². The Kier molecular flexibility index (Phi) is 5.60. The Labute approximate surface area is 121 Å². The Morgan fingerprint density at radius 2 is 2.20 bits per heavy atom. The van der Waals surface area contributed by atoms with Gasteiger partial charge < -0.3 is 4.74 Å². The van der Waals surface area contributed by atoms with E-state index < -0.39 is 0 Å². The van der Waals surface area contributed by atoms with Gasteiger partial charge in [0.25, 0.3) is 0 Å². The van der Waals surface area contributed by atoms with Gasteiger partial charge in [0.05, 0.1) is 12.3 Å². The van der Waals surface area contributed by atoms with Crippen molar-refractivity contribution in [2.45, 2.75) is 33.1 Å². The minimum absolute atomic E-state index is 0.803. The van der Waals surface area contributed by atoms with Gasteiger partial charge in [0, 0.05) is 12.1 Å². The first-order valence-corrected chi connectivity index (χ1v) is 7.45. The maximum Gasteiger partial charge on any atom is 0.119 e. The largest absolute Gasteiger partial charge is 0.494 e. The molecule has 0 unspecified atom stereocenters. The van der Waals surface area contributed by atoms with E-state index in [9.17, 15) is 0 Å². The zero-order chi connectivity index (χ0) is 14.2. The van der Waals surface area contributed by atoms with E-state index in [0.717, 1.165) is 43.9 Å². The SMILES string of the molecule is CC=CC=CC1=NCCc2cc(OCCCC)ccc21. The molecule has 106 valence electrons. The Morgan fingerprint density at radius 1 is 1.30 bits per heavy atom. The molecule has 0 saturated heterocycles. The molecule has 0 spiro atoms. The van der Waals surface area contributed by atoms with E-state index in [1.54, 1.807) is 0 Å². The summed E-state index contributed by atoms with van der Waals surface area (Å²) in [5.41, 5.74) is 3.65. The normalized spacial score (nSPS) is 14.6. The van der Waals surface area contributed by atoms with Crippen molar-refractivity contribution in [2.75, 3.05) is 13.2 Å². The molecule has 1 heterocycles. The van der Waals surface area contributed by atoms with Crippen LogP contribution in [0.1, 0.15) is 37.8 Å². The molecule has 0 amide bonds. The summed E-state index contributed by atoms with van der Waals surface area (Å²) >= 11 is 0. The van der Waals surface area contributed by atoms with E-state index in [1.807, 2.05) is 25.2 Å². The standard InChI is InChI=1S/C18H23NO/c1-3-5-7-8-18-17-10-9-16(20-13-6-4-2)14-15(17)11-12-19-18/h3,5,7-10,14H,4,6,11-13H2,1-2H3. The van der Waals surface area contributed by atoms with Crippen molar-refractivity contribution in [1.82, 2.24) is 0 Å². The van der Waals surface area contributed by atoms with Gasteiger partial charge in [-0.05, 0) is 49.6 Å². The molecular weight excluding hydrogens is 246 g/mol. The third kappa shape index (κ3) is 3.83. The molecule has 0 aliphatic carbocycles. The zero-order valence-electron chi connectivity index (χ0n) is 12.4. The Bertz CT molecular complexity index is 526. The molecule has 0 N–H and O–H groups in total. The lowest BCUT2D eigenvalue weighted by Gasteiger charge is -2.16. The molecule has 1 aromatic rings. The Hall–Kier alpha value is -1.83. The number of allylic oxidation sites excluding steroid dienone is 4. The predicted octanol–water partition coefficient (Wildman–Crippen LogP) is 4.34. The van der Waals surface area contributed by atoms with Gasteiger partial charge in [0.15, 0.2) is 0 Å². The summed E-state index contributed by atoms with van der Waals surface area (Å²) < 4.78 is 5.78. The first kappa shape index (κ1) is 14.6. The third-order valence-electron chi connectivity index (χ3n) is 3.34. The number of nitrogens with zero attached hydrogens (tertiary/aromatic N) is 1. The average molecular weight is 269 g/mol. The van der Waals surface area contributed by atoms with Gasteiger partial charge in [-0.25, -0.2) is 0 Å². The highest BCUT2D eigenvalue weighted by Gasteiger charge is 2.12. The van der Waals surface area contributed by atoms with Gasteiger partial charge in [0.2, 0.25) is 0 Å². The first-order chi connectivity index (χ1) is 9.85. The molecular formula is C18H23NO. The molecule has 0 bridgehead atoms. The molecule has 0 fully saturated rings. The summed E-state index contributed by atoms with van der Waals surface area (Å²) in [5.74, 6) is 0.982. The lowest BCUT2D eigenvalue weighted by atomic mass is 9.97. The van der Waals surface area contributed by atoms with Crippen molar-refractivity contribution in [2.24, 2.45) is 4.99 Å². The number of fused-ring (bicyclic) bond motifs is 1. The summed E-state index contributed by atoms with van der Waals surface area (Å²) in [6.45, 7) is 5.86. The summed E-state index contributed by atoms with van der Waals surface area (Å²) in [7, 11) is 0. The molecule has 2 heteroatoms. The number of rotatable bonds is 6. The topological polar surface area (TPSA) is 21.6 Å². The van der Waals surface area contributed by atoms with Crippen LogP contribution in [-0.4, -0.2) is 18.9 Å². The first-order valence-electron chi connectivity index (χ1n) is 7.45. The van der Waals surface area contributed by atoms with Gasteiger partial charge in [-0.2, -0.15) is 0 Å². The van der Waals surface area contributed by atoms with Crippen LogP contribution in [-0.2, 0) is 6.42 Å². The molecule has 1 aliphatic rings. The highest BCUT2D eigenvalue weighted by molar-refractivity contribution is 6.10. The average Bonchev–Trinajstić information content (AvgIpc) is 2.48. The second kappa shape index (κ2) is 7.68. The molecule has 20 heavy (non-hydrogen) atoms. The second-order valence-corrected chi connectivity index (χ2v) is 4.92. The van der Waals surface area contributed by atoms with Crippen molar-refractivity contribution in [3.63, 3.8) is 0 Å². The number of benzene rings is 1. The Balaban J connectivity index is 2.13.